The number of ether oxygens (including phenoxy) is 2. The quantitative estimate of drug-likeness (QED) is 0.511. The van der Waals surface area contributed by atoms with E-state index in [1.54, 1.807) is 37.3 Å². The van der Waals surface area contributed by atoms with Crippen molar-refractivity contribution in [3.8, 4) is 17.2 Å². The lowest BCUT2D eigenvalue weighted by atomic mass is 10.0. The van der Waals surface area contributed by atoms with Gasteiger partial charge in [-0.05, 0) is 43.3 Å². The average molecular weight is 393 g/mol. The highest BCUT2D eigenvalue weighted by Crippen LogP contribution is 2.25. The predicted octanol–water partition coefficient (Wildman–Crippen LogP) is 2.96. The van der Waals surface area contributed by atoms with Gasteiger partial charge in [0.25, 0.3) is 5.56 Å². The molecule has 0 atom stereocenters. The summed E-state index contributed by atoms with van der Waals surface area (Å²) >= 11 is 0. The summed E-state index contributed by atoms with van der Waals surface area (Å²) in [6, 6.07) is 14.0. The van der Waals surface area contributed by atoms with Crippen LogP contribution in [0.25, 0.3) is 5.69 Å². The molecule has 0 saturated heterocycles. The van der Waals surface area contributed by atoms with Crippen molar-refractivity contribution in [1.82, 2.24) is 4.57 Å². The van der Waals surface area contributed by atoms with Gasteiger partial charge in [0, 0.05) is 17.4 Å². The molecule has 1 heterocycles. The minimum atomic E-state index is -0.827. The monoisotopic (exact) mass is 393 g/mol. The second kappa shape index (κ2) is 8.43. The van der Waals surface area contributed by atoms with Crippen molar-refractivity contribution in [1.29, 1.82) is 0 Å². The molecule has 0 spiro atoms. The minimum absolute atomic E-state index is 0.0163. The van der Waals surface area contributed by atoms with E-state index in [2.05, 4.69) is 0 Å². The van der Waals surface area contributed by atoms with Gasteiger partial charge < -0.3 is 14.6 Å². The van der Waals surface area contributed by atoms with Gasteiger partial charge in [0.15, 0.2) is 5.78 Å². The second-order valence-electron chi connectivity index (χ2n) is 6.09. The third-order valence-corrected chi connectivity index (χ3v) is 4.26. The molecule has 0 aliphatic carbocycles. The summed E-state index contributed by atoms with van der Waals surface area (Å²) < 4.78 is 11.3. The largest absolute Gasteiger partial charge is 0.507 e. The number of nitrogens with zero attached hydrogens (tertiary/aromatic N) is 1. The molecular formula is C22H19NO6. The van der Waals surface area contributed by atoms with Crippen molar-refractivity contribution in [2.75, 3.05) is 13.7 Å². The van der Waals surface area contributed by atoms with Crippen LogP contribution in [0, 0.1) is 0 Å². The number of aromatic hydroxyl groups is 1. The van der Waals surface area contributed by atoms with Gasteiger partial charge in [-0.2, -0.15) is 0 Å². The molecule has 0 aliphatic rings. The molecule has 3 aromatic rings. The first-order chi connectivity index (χ1) is 14.0. The first kappa shape index (κ1) is 19.9. The first-order valence-corrected chi connectivity index (χ1v) is 8.87. The maximum Gasteiger partial charge on any atom is 0.343 e. The van der Waals surface area contributed by atoms with E-state index in [0.29, 0.717) is 11.4 Å². The van der Waals surface area contributed by atoms with Crippen LogP contribution in [0.1, 0.15) is 33.2 Å². The molecule has 148 valence electrons. The van der Waals surface area contributed by atoms with Crippen LogP contribution in [0.15, 0.2) is 65.6 Å². The summed E-state index contributed by atoms with van der Waals surface area (Å²) in [6.07, 6.45) is 1.33. The van der Waals surface area contributed by atoms with E-state index in [1.165, 1.54) is 42.1 Å². The van der Waals surface area contributed by atoms with Crippen molar-refractivity contribution >= 4 is 11.8 Å². The van der Waals surface area contributed by atoms with Crippen LogP contribution in [0.4, 0.5) is 0 Å². The molecule has 0 bridgehead atoms. The number of phenolic OH excluding ortho intramolecular Hbond substituents is 1. The molecule has 2 aromatic carbocycles. The van der Waals surface area contributed by atoms with E-state index >= 15 is 0 Å². The number of pyridine rings is 1. The number of carbonyl (C=O) groups is 2. The summed E-state index contributed by atoms with van der Waals surface area (Å²) in [4.78, 5) is 38.2. The number of benzene rings is 2. The van der Waals surface area contributed by atoms with E-state index in [0.717, 1.165) is 0 Å². The van der Waals surface area contributed by atoms with Crippen molar-refractivity contribution in [2.24, 2.45) is 0 Å². The SMILES string of the molecule is CCOC(=O)c1cc(C(=O)c2cc(OC)ccc2O)cn(-c2ccccc2)c1=O. The molecule has 0 saturated carbocycles. The van der Waals surface area contributed by atoms with Crippen LogP contribution in [0.3, 0.4) is 0 Å². The topological polar surface area (TPSA) is 94.8 Å². The zero-order valence-electron chi connectivity index (χ0n) is 15.9. The third-order valence-electron chi connectivity index (χ3n) is 4.26. The zero-order valence-corrected chi connectivity index (χ0v) is 15.9. The summed E-state index contributed by atoms with van der Waals surface area (Å²) in [5, 5.41) is 10.1. The number of methoxy groups -OCH3 is 1. The van der Waals surface area contributed by atoms with Gasteiger partial charge in [0.05, 0.1) is 19.3 Å². The fourth-order valence-corrected chi connectivity index (χ4v) is 2.82. The van der Waals surface area contributed by atoms with Gasteiger partial charge >= 0.3 is 5.97 Å². The number of rotatable bonds is 6. The molecule has 0 fully saturated rings. The van der Waals surface area contributed by atoms with Crippen LogP contribution in [-0.4, -0.2) is 35.1 Å². The maximum atomic E-state index is 13.1. The Labute approximate surface area is 166 Å². The summed E-state index contributed by atoms with van der Waals surface area (Å²) in [5.74, 6) is -1.26. The fraction of sp³-hybridized carbons (Fsp3) is 0.136. The second-order valence-corrected chi connectivity index (χ2v) is 6.09. The summed E-state index contributed by atoms with van der Waals surface area (Å²) in [7, 11) is 1.44. The normalized spacial score (nSPS) is 10.4. The number of hydrogen-bond donors (Lipinski definition) is 1. The Morgan fingerprint density at radius 3 is 2.41 bits per heavy atom. The molecule has 0 unspecified atom stereocenters. The van der Waals surface area contributed by atoms with Crippen LogP contribution in [0.5, 0.6) is 11.5 Å². The van der Waals surface area contributed by atoms with Crippen molar-refractivity contribution in [3.05, 3.63) is 87.8 Å². The Morgan fingerprint density at radius 1 is 1.03 bits per heavy atom. The maximum absolute atomic E-state index is 13.1. The van der Waals surface area contributed by atoms with E-state index in [4.69, 9.17) is 9.47 Å². The van der Waals surface area contributed by atoms with Gasteiger partial charge in [-0.3, -0.25) is 14.2 Å². The fourth-order valence-electron chi connectivity index (χ4n) is 2.82. The highest BCUT2D eigenvalue weighted by molar-refractivity contribution is 6.11. The van der Waals surface area contributed by atoms with Gasteiger partial charge in [0.2, 0.25) is 0 Å². The molecule has 0 amide bonds. The number of esters is 1. The van der Waals surface area contributed by atoms with Crippen LogP contribution in [0.2, 0.25) is 0 Å². The summed E-state index contributed by atoms with van der Waals surface area (Å²) in [5.41, 5.74) is -0.380. The predicted molar refractivity (Wildman–Crippen MR) is 106 cm³/mol. The van der Waals surface area contributed by atoms with Crippen molar-refractivity contribution < 1.29 is 24.2 Å². The lowest BCUT2D eigenvalue weighted by Gasteiger charge is -2.12. The smallest absolute Gasteiger partial charge is 0.343 e. The molecule has 7 heteroatoms. The van der Waals surface area contributed by atoms with Crippen LogP contribution in [-0.2, 0) is 4.74 Å². The van der Waals surface area contributed by atoms with Gasteiger partial charge in [-0.1, -0.05) is 18.2 Å². The van der Waals surface area contributed by atoms with Crippen molar-refractivity contribution in [3.63, 3.8) is 0 Å². The van der Waals surface area contributed by atoms with E-state index in [1.807, 2.05) is 0 Å². The first-order valence-electron chi connectivity index (χ1n) is 8.87. The highest BCUT2D eigenvalue weighted by Gasteiger charge is 2.22. The van der Waals surface area contributed by atoms with Gasteiger partial charge in [-0.25, -0.2) is 4.79 Å². The van der Waals surface area contributed by atoms with Crippen LogP contribution >= 0.6 is 0 Å². The van der Waals surface area contributed by atoms with Crippen LogP contribution < -0.4 is 10.3 Å². The lowest BCUT2D eigenvalue weighted by Crippen LogP contribution is -2.27. The Hall–Kier alpha value is -3.87. The molecule has 1 aromatic heterocycles. The van der Waals surface area contributed by atoms with Crippen molar-refractivity contribution in [2.45, 2.75) is 6.92 Å². The van der Waals surface area contributed by atoms with E-state index in [-0.39, 0.29) is 29.0 Å². The molecule has 1 N–H and O–H groups in total. The Morgan fingerprint density at radius 2 is 1.76 bits per heavy atom. The minimum Gasteiger partial charge on any atom is -0.507 e. The van der Waals surface area contributed by atoms with E-state index < -0.39 is 17.3 Å². The number of hydrogen-bond acceptors (Lipinski definition) is 6. The third kappa shape index (κ3) is 4.03. The standard InChI is InChI=1S/C22H19NO6/c1-3-29-22(27)18-11-14(13-23(21(18)26)15-7-5-4-6-8-15)20(25)17-12-16(28-2)9-10-19(17)24/h4-13,24H,3H2,1-2H3. The molecule has 7 nitrogen and oxygen atoms in total. The number of ketones is 1. The van der Waals surface area contributed by atoms with Gasteiger partial charge in [-0.15, -0.1) is 0 Å². The lowest BCUT2D eigenvalue weighted by molar-refractivity contribution is 0.0524. The highest BCUT2D eigenvalue weighted by atomic mass is 16.5. The average Bonchev–Trinajstić information content (AvgIpc) is 2.74. The summed E-state index contributed by atoms with van der Waals surface area (Å²) in [6.45, 7) is 1.70. The Kier molecular flexibility index (Phi) is 5.78. The molecular weight excluding hydrogens is 374 g/mol. The number of aromatic nitrogens is 1. The molecule has 0 aliphatic heterocycles. The molecule has 29 heavy (non-hydrogen) atoms. The molecule has 3 rings (SSSR count). The number of phenols is 1. The number of carbonyl (C=O) groups excluding carboxylic acids is 2. The molecule has 0 radical (unpaired) electrons. The zero-order chi connectivity index (χ0) is 21.0. The Balaban J connectivity index is 2.21. The van der Waals surface area contributed by atoms with E-state index in [9.17, 15) is 19.5 Å². The number of para-hydroxylation sites is 1. The van der Waals surface area contributed by atoms with Gasteiger partial charge in [0.1, 0.15) is 17.1 Å². The Bertz CT molecular complexity index is 1120.